The molecule has 0 atom stereocenters. The number of nitrogens with two attached hydrogens (primary N) is 1. The molecule has 2 N–H and O–H groups in total. The molecule has 11 heteroatoms. The molecule has 32 heavy (non-hydrogen) atoms. The van der Waals surface area contributed by atoms with E-state index in [1.165, 1.54) is 12.1 Å². The van der Waals surface area contributed by atoms with Crippen molar-refractivity contribution < 1.29 is 16.8 Å². The van der Waals surface area contributed by atoms with Crippen LogP contribution in [0.5, 0.6) is 0 Å². The first kappa shape index (κ1) is 22.4. The Morgan fingerprint density at radius 2 is 1.59 bits per heavy atom. The number of para-hydroxylation sites is 1. The lowest BCUT2D eigenvalue weighted by Gasteiger charge is -2.36. The van der Waals surface area contributed by atoms with Gasteiger partial charge in [-0.05, 0) is 30.3 Å². The van der Waals surface area contributed by atoms with Crippen molar-refractivity contribution in [1.29, 1.82) is 0 Å². The van der Waals surface area contributed by atoms with Gasteiger partial charge in [-0.15, -0.1) is 0 Å². The Bertz CT molecular complexity index is 1380. The van der Waals surface area contributed by atoms with Gasteiger partial charge in [-0.25, -0.2) is 26.8 Å². The van der Waals surface area contributed by atoms with Crippen LogP contribution in [0.3, 0.4) is 0 Å². The first-order valence-corrected chi connectivity index (χ1v) is 13.8. The number of aromatic nitrogens is 2. The number of hydrogen-bond donors (Lipinski definition) is 1. The summed E-state index contributed by atoms with van der Waals surface area (Å²) in [4.78, 5) is 13.2. The summed E-state index contributed by atoms with van der Waals surface area (Å²) < 4.78 is 48.5. The quantitative estimate of drug-likeness (QED) is 0.581. The lowest BCUT2D eigenvalue weighted by Crippen LogP contribution is -2.46. The molecule has 3 aromatic rings. The van der Waals surface area contributed by atoms with Crippen LogP contribution in [0.1, 0.15) is 5.82 Å². The summed E-state index contributed by atoms with van der Waals surface area (Å²) in [7, 11) is -7.12. The van der Waals surface area contributed by atoms with Crippen LogP contribution in [0.4, 0.5) is 11.5 Å². The van der Waals surface area contributed by atoms with Crippen LogP contribution >= 0.6 is 0 Å². The summed E-state index contributed by atoms with van der Waals surface area (Å²) in [6.45, 7) is 3.06. The molecule has 0 unspecified atom stereocenters. The van der Waals surface area contributed by atoms with Gasteiger partial charge < -0.3 is 10.6 Å². The standard InChI is InChI=1S/C21H25N5O4S2/c1-31(27,28)15-7-8-18(19(13-15)32(2,29)30)26-11-9-25(10-12-26)14-20-23-17-6-4-3-5-16(17)21(22)24-20/h3-8,13H,9-12,14H2,1-2H3,(H2,22,23,24). The maximum Gasteiger partial charge on any atom is 0.177 e. The second-order valence-corrected chi connectivity index (χ2v) is 12.0. The summed E-state index contributed by atoms with van der Waals surface area (Å²) in [5.74, 6) is 1.09. The topological polar surface area (TPSA) is 127 Å². The van der Waals surface area contributed by atoms with Crippen LogP contribution < -0.4 is 10.6 Å². The second-order valence-electron chi connectivity index (χ2n) is 7.98. The Balaban J connectivity index is 1.52. The number of piperazine rings is 1. The van der Waals surface area contributed by atoms with E-state index in [0.29, 0.717) is 50.1 Å². The maximum atomic E-state index is 12.4. The zero-order valence-electron chi connectivity index (χ0n) is 17.9. The van der Waals surface area contributed by atoms with E-state index in [0.717, 1.165) is 23.4 Å². The second kappa shape index (κ2) is 8.30. The molecule has 1 fully saturated rings. The van der Waals surface area contributed by atoms with E-state index in [1.807, 2.05) is 29.2 Å². The van der Waals surface area contributed by atoms with Gasteiger partial charge in [0, 0.05) is 44.1 Å². The molecule has 4 rings (SSSR count). The van der Waals surface area contributed by atoms with Crippen LogP contribution in [-0.4, -0.2) is 70.4 Å². The number of fused-ring (bicyclic) bond motifs is 1. The highest BCUT2D eigenvalue weighted by Gasteiger charge is 2.25. The molecule has 2 heterocycles. The Hall–Kier alpha value is -2.76. The lowest BCUT2D eigenvalue weighted by atomic mass is 10.2. The average molecular weight is 476 g/mol. The molecule has 170 valence electrons. The number of benzene rings is 2. The van der Waals surface area contributed by atoms with Crippen LogP contribution in [0, 0.1) is 0 Å². The van der Waals surface area contributed by atoms with Gasteiger partial charge in [0.15, 0.2) is 19.7 Å². The van der Waals surface area contributed by atoms with Gasteiger partial charge in [0.05, 0.1) is 27.5 Å². The zero-order chi connectivity index (χ0) is 23.1. The van der Waals surface area contributed by atoms with Gasteiger partial charge in [-0.3, -0.25) is 4.90 Å². The van der Waals surface area contributed by atoms with Gasteiger partial charge in [0.1, 0.15) is 11.6 Å². The summed E-state index contributed by atoms with van der Waals surface area (Å²) in [6.07, 6.45) is 2.16. The van der Waals surface area contributed by atoms with Crippen molar-refractivity contribution in [3.63, 3.8) is 0 Å². The average Bonchev–Trinajstić information content (AvgIpc) is 2.73. The van der Waals surface area contributed by atoms with Crippen LogP contribution in [-0.2, 0) is 26.2 Å². The van der Waals surface area contributed by atoms with Crippen molar-refractivity contribution in [2.24, 2.45) is 0 Å². The lowest BCUT2D eigenvalue weighted by molar-refractivity contribution is 0.244. The molecule has 0 amide bonds. The molecule has 1 aliphatic rings. The largest absolute Gasteiger partial charge is 0.383 e. The number of sulfone groups is 2. The minimum absolute atomic E-state index is 0.00801. The smallest absolute Gasteiger partial charge is 0.177 e. The van der Waals surface area contributed by atoms with Gasteiger partial charge in [-0.1, -0.05) is 12.1 Å². The van der Waals surface area contributed by atoms with Crippen molar-refractivity contribution >= 4 is 42.1 Å². The van der Waals surface area contributed by atoms with E-state index >= 15 is 0 Å². The Labute approximate surface area is 187 Å². The van der Waals surface area contributed by atoms with Gasteiger partial charge >= 0.3 is 0 Å². The fraction of sp³-hybridized carbons (Fsp3) is 0.333. The van der Waals surface area contributed by atoms with Crippen LogP contribution in [0.15, 0.2) is 52.3 Å². The maximum absolute atomic E-state index is 12.4. The highest BCUT2D eigenvalue weighted by atomic mass is 32.2. The summed E-state index contributed by atoms with van der Waals surface area (Å²) in [6, 6.07) is 11.9. The predicted molar refractivity (Wildman–Crippen MR) is 124 cm³/mol. The molecular formula is C21H25N5O4S2. The van der Waals surface area contributed by atoms with Crippen molar-refractivity contribution in [1.82, 2.24) is 14.9 Å². The third-order valence-corrected chi connectivity index (χ3v) is 7.75. The molecule has 0 spiro atoms. The number of hydrogen-bond acceptors (Lipinski definition) is 9. The molecule has 0 aliphatic carbocycles. The number of rotatable bonds is 5. The van der Waals surface area contributed by atoms with E-state index in [-0.39, 0.29) is 9.79 Å². The molecule has 2 aromatic carbocycles. The van der Waals surface area contributed by atoms with Gasteiger partial charge in [0.25, 0.3) is 0 Å². The summed E-state index contributed by atoms with van der Waals surface area (Å²) in [5, 5.41) is 0.826. The zero-order valence-corrected chi connectivity index (χ0v) is 19.5. The summed E-state index contributed by atoms with van der Waals surface area (Å²) in [5.41, 5.74) is 7.41. The highest BCUT2D eigenvalue weighted by molar-refractivity contribution is 7.91. The summed E-state index contributed by atoms with van der Waals surface area (Å²) >= 11 is 0. The highest BCUT2D eigenvalue weighted by Crippen LogP contribution is 2.29. The molecule has 0 radical (unpaired) electrons. The fourth-order valence-electron chi connectivity index (χ4n) is 3.85. The minimum atomic E-state index is -3.61. The van der Waals surface area contributed by atoms with Gasteiger partial charge in [-0.2, -0.15) is 0 Å². The first-order valence-electron chi connectivity index (χ1n) is 10.0. The van der Waals surface area contributed by atoms with E-state index in [2.05, 4.69) is 14.9 Å². The van der Waals surface area contributed by atoms with Crippen molar-refractivity contribution in [2.45, 2.75) is 16.3 Å². The number of nitrogens with zero attached hydrogens (tertiary/aromatic N) is 4. The first-order chi connectivity index (χ1) is 15.0. The van der Waals surface area contributed by atoms with E-state index < -0.39 is 19.7 Å². The van der Waals surface area contributed by atoms with E-state index in [9.17, 15) is 16.8 Å². The molecule has 0 saturated carbocycles. The molecule has 1 aliphatic heterocycles. The predicted octanol–water partition coefficient (Wildman–Crippen LogP) is 1.34. The third-order valence-electron chi connectivity index (χ3n) is 5.52. The molecule has 1 aromatic heterocycles. The number of nitrogen functional groups attached to an aromatic ring is 1. The Kier molecular flexibility index (Phi) is 5.82. The Morgan fingerprint density at radius 3 is 2.25 bits per heavy atom. The monoisotopic (exact) mass is 475 g/mol. The van der Waals surface area contributed by atoms with Crippen molar-refractivity contribution in [3.8, 4) is 0 Å². The van der Waals surface area contributed by atoms with E-state index in [1.54, 1.807) is 6.07 Å². The van der Waals surface area contributed by atoms with Crippen LogP contribution in [0.2, 0.25) is 0 Å². The fourth-order valence-corrected chi connectivity index (χ4v) is 5.49. The van der Waals surface area contributed by atoms with E-state index in [4.69, 9.17) is 5.73 Å². The normalized spacial score (nSPS) is 15.9. The number of anilines is 2. The molecule has 0 bridgehead atoms. The SMILES string of the molecule is CS(=O)(=O)c1ccc(N2CCN(Cc3nc(N)c4ccccc4n3)CC2)c(S(C)(=O)=O)c1. The molecule has 1 saturated heterocycles. The molecule has 9 nitrogen and oxygen atoms in total. The van der Waals surface area contributed by atoms with Crippen molar-refractivity contribution in [2.75, 3.05) is 49.3 Å². The minimum Gasteiger partial charge on any atom is -0.383 e. The Morgan fingerprint density at radius 1 is 0.906 bits per heavy atom. The van der Waals surface area contributed by atoms with Gasteiger partial charge in [0.2, 0.25) is 0 Å². The van der Waals surface area contributed by atoms with Crippen LogP contribution in [0.25, 0.3) is 10.9 Å². The molecular weight excluding hydrogens is 450 g/mol. The third kappa shape index (κ3) is 4.69. The van der Waals surface area contributed by atoms with Crippen molar-refractivity contribution in [3.05, 3.63) is 48.3 Å².